The van der Waals surface area contributed by atoms with Gasteiger partial charge in [0.05, 0.1) is 29.0 Å². The molecule has 3 amide bonds. The molecule has 0 unspecified atom stereocenters. The normalized spacial score (nSPS) is 10.9. The van der Waals surface area contributed by atoms with Crippen molar-refractivity contribution in [2.45, 2.75) is 13.5 Å². The first-order chi connectivity index (χ1) is 16.7. The number of hydrogen-bond donors (Lipinski definition) is 2. The molecule has 0 spiro atoms. The number of carbonyl (C=O) groups excluding carboxylic acids is 3. The minimum absolute atomic E-state index is 0.0523. The van der Waals surface area contributed by atoms with Gasteiger partial charge in [-0.3, -0.25) is 19.1 Å². The maximum absolute atomic E-state index is 13.4. The Labute approximate surface area is 200 Å². The molecule has 0 bridgehead atoms. The zero-order chi connectivity index (χ0) is 25.3. The highest BCUT2D eigenvalue weighted by molar-refractivity contribution is 6.15. The summed E-state index contributed by atoms with van der Waals surface area (Å²) < 4.78 is 14.9. The molecular weight excluding hydrogens is 451 g/mol. The Balaban J connectivity index is 1.77. The van der Waals surface area contributed by atoms with E-state index in [-0.39, 0.29) is 35.0 Å². The number of amides is 3. The van der Waals surface area contributed by atoms with Crippen LogP contribution in [0.3, 0.4) is 0 Å². The van der Waals surface area contributed by atoms with Crippen molar-refractivity contribution in [1.29, 1.82) is 0 Å². The number of pyridine rings is 1. The van der Waals surface area contributed by atoms with Crippen molar-refractivity contribution in [3.05, 3.63) is 88.6 Å². The number of nitrogens with zero attached hydrogens (tertiary/aromatic N) is 4. The molecule has 2 heterocycles. The zero-order valence-electron chi connectivity index (χ0n) is 19.4. The zero-order valence-corrected chi connectivity index (χ0v) is 19.4. The summed E-state index contributed by atoms with van der Waals surface area (Å²) in [6, 6.07) is 14.1. The van der Waals surface area contributed by atoms with Crippen molar-refractivity contribution < 1.29 is 18.8 Å². The van der Waals surface area contributed by atoms with Gasteiger partial charge in [-0.25, -0.2) is 9.37 Å². The van der Waals surface area contributed by atoms with Crippen molar-refractivity contribution in [2.24, 2.45) is 5.73 Å². The smallest absolute Gasteiger partial charge is 0.276 e. The number of anilines is 1. The summed E-state index contributed by atoms with van der Waals surface area (Å²) in [5.74, 6) is -2.08. The minimum atomic E-state index is -0.767. The number of benzene rings is 2. The Hall–Kier alpha value is -4.60. The lowest BCUT2D eigenvalue weighted by Crippen LogP contribution is -2.24. The van der Waals surface area contributed by atoms with Crippen LogP contribution in [0.25, 0.3) is 10.9 Å². The highest BCUT2D eigenvalue weighted by Gasteiger charge is 2.25. The molecule has 0 aliphatic rings. The second-order valence-corrected chi connectivity index (χ2v) is 8.18. The molecule has 10 heteroatoms. The van der Waals surface area contributed by atoms with E-state index in [1.807, 2.05) is 0 Å². The van der Waals surface area contributed by atoms with Crippen LogP contribution in [0.5, 0.6) is 0 Å². The third-order valence-electron chi connectivity index (χ3n) is 5.51. The van der Waals surface area contributed by atoms with Crippen molar-refractivity contribution in [2.75, 3.05) is 19.4 Å². The fourth-order valence-corrected chi connectivity index (χ4v) is 3.64. The van der Waals surface area contributed by atoms with Gasteiger partial charge >= 0.3 is 0 Å². The number of fused-ring (bicyclic) bond motifs is 1. The predicted octanol–water partition coefficient (Wildman–Crippen LogP) is 2.98. The molecule has 9 nitrogen and oxygen atoms in total. The molecule has 0 aliphatic carbocycles. The number of primary amides is 1. The second-order valence-electron chi connectivity index (χ2n) is 8.18. The van der Waals surface area contributed by atoms with Crippen LogP contribution in [-0.4, -0.2) is 51.5 Å². The van der Waals surface area contributed by atoms with Crippen molar-refractivity contribution in [1.82, 2.24) is 19.7 Å². The van der Waals surface area contributed by atoms with E-state index < -0.39 is 17.7 Å². The van der Waals surface area contributed by atoms with Crippen molar-refractivity contribution >= 4 is 34.3 Å². The molecule has 4 rings (SSSR count). The molecule has 0 radical (unpaired) electrons. The van der Waals surface area contributed by atoms with Gasteiger partial charge < -0.3 is 16.0 Å². The van der Waals surface area contributed by atoms with Gasteiger partial charge in [-0.15, -0.1) is 0 Å². The molecular formula is C25H23FN6O3. The Morgan fingerprint density at radius 1 is 1.09 bits per heavy atom. The highest BCUT2D eigenvalue weighted by atomic mass is 19.1. The number of carbonyl (C=O) groups is 3. The average Bonchev–Trinajstić information content (AvgIpc) is 3.13. The van der Waals surface area contributed by atoms with E-state index in [1.165, 1.54) is 23.1 Å². The molecule has 0 fully saturated rings. The first kappa shape index (κ1) is 23.6. The number of aromatic nitrogens is 3. The molecule has 2 aromatic carbocycles. The van der Waals surface area contributed by atoms with E-state index in [0.29, 0.717) is 16.6 Å². The fraction of sp³-hybridized carbons (Fsp3) is 0.160. The fourth-order valence-electron chi connectivity index (χ4n) is 3.64. The van der Waals surface area contributed by atoms with Crippen LogP contribution < -0.4 is 11.1 Å². The van der Waals surface area contributed by atoms with Gasteiger partial charge in [-0.2, -0.15) is 5.10 Å². The SMILES string of the molecule is Cc1c(NC(=O)c2cc(C(N)=O)nc3ccccc23)c(C(=O)N(C)C)nn1Cc1ccc(F)cc1. The van der Waals surface area contributed by atoms with Crippen LogP contribution in [0.15, 0.2) is 54.6 Å². The lowest BCUT2D eigenvalue weighted by molar-refractivity contribution is 0.0821. The number of halogens is 1. The van der Waals surface area contributed by atoms with Gasteiger partial charge in [-0.05, 0) is 36.8 Å². The first-order valence-electron chi connectivity index (χ1n) is 10.7. The largest absolute Gasteiger partial charge is 0.364 e. The van der Waals surface area contributed by atoms with Crippen molar-refractivity contribution in [3.63, 3.8) is 0 Å². The number of nitrogens with one attached hydrogen (secondary N) is 1. The molecule has 4 aromatic rings. The van der Waals surface area contributed by atoms with Gasteiger partial charge in [0.15, 0.2) is 5.69 Å². The molecule has 0 saturated carbocycles. The summed E-state index contributed by atoms with van der Waals surface area (Å²) in [5.41, 5.74) is 7.56. The summed E-state index contributed by atoms with van der Waals surface area (Å²) in [4.78, 5) is 43.6. The van der Waals surface area contributed by atoms with E-state index in [2.05, 4.69) is 15.4 Å². The lowest BCUT2D eigenvalue weighted by Gasteiger charge is -2.12. The number of rotatable bonds is 6. The monoisotopic (exact) mass is 474 g/mol. The van der Waals surface area contributed by atoms with E-state index >= 15 is 0 Å². The summed E-state index contributed by atoms with van der Waals surface area (Å²) in [6.45, 7) is 1.98. The van der Waals surface area contributed by atoms with Crippen LogP contribution >= 0.6 is 0 Å². The van der Waals surface area contributed by atoms with Gasteiger partial charge in [-0.1, -0.05) is 30.3 Å². The summed E-state index contributed by atoms with van der Waals surface area (Å²) >= 11 is 0. The van der Waals surface area contributed by atoms with Crippen LogP contribution in [0.2, 0.25) is 0 Å². The van der Waals surface area contributed by atoms with Crippen molar-refractivity contribution in [3.8, 4) is 0 Å². The number of para-hydroxylation sites is 1. The Morgan fingerprint density at radius 3 is 2.43 bits per heavy atom. The minimum Gasteiger partial charge on any atom is -0.364 e. The average molecular weight is 474 g/mol. The maximum Gasteiger partial charge on any atom is 0.276 e. The van der Waals surface area contributed by atoms with Crippen LogP contribution in [-0.2, 0) is 6.54 Å². The van der Waals surface area contributed by atoms with E-state index in [1.54, 1.807) is 62.1 Å². The van der Waals surface area contributed by atoms with E-state index in [9.17, 15) is 18.8 Å². The van der Waals surface area contributed by atoms with E-state index in [4.69, 9.17) is 5.73 Å². The van der Waals surface area contributed by atoms with Crippen LogP contribution in [0.1, 0.15) is 42.6 Å². The molecule has 35 heavy (non-hydrogen) atoms. The topological polar surface area (TPSA) is 123 Å². The first-order valence-corrected chi connectivity index (χ1v) is 10.7. The third kappa shape index (κ3) is 4.72. The molecule has 0 atom stereocenters. The predicted molar refractivity (Wildman–Crippen MR) is 129 cm³/mol. The van der Waals surface area contributed by atoms with E-state index in [0.717, 1.165) is 5.56 Å². The Bertz CT molecular complexity index is 1460. The molecule has 3 N–H and O–H groups in total. The van der Waals surface area contributed by atoms with Gasteiger partial charge in [0, 0.05) is 19.5 Å². The maximum atomic E-state index is 13.4. The van der Waals surface area contributed by atoms with Crippen LogP contribution in [0.4, 0.5) is 10.1 Å². The molecule has 0 aliphatic heterocycles. The van der Waals surface area contributed by atoms with Gasteiger partial charge in [0.1, 0.15) is 11.5 Å². The lowest BCUT2D eigenvalue weighted by atomic mass is 10.1. The van der Waals surface area contributed by atoms with Gasteiger partial charge in [0.2, 0.25) is 0 Å². The molecule has 178 valence electrons. The van der Waals surface area contributed by atoms with Gasteiger partial charge in [0.25, 0.3) is 17.7 Å². The Morgan fingerprint density at radius 2 is 1.77 bits per heavy atom. The summed E-state index contributed by atoms with van der Waals surface area (Å²) in [7, 11) is 3.16. The van der Waals surface area contributed by atoms with Crippen LogP contribution in [0, 0.1) is 12.7 Å². The molecule has 2 aromatic heterocycles. The summed E-state index contributed by atoms with van der Waals surface area (Å²) in [6.07, 6.45) is 0. The summed E-state index contributed by atoms with van der Waals surface area (Å²) in [5, 5.41) is 7.75. The standard InChI is InChI=1S/C25H23FN6O3/c1-14-21(22(25(35)31(2)3)30-32(14)13-15-8-10-16(26)11-9-15)29-24(34)18-12-20(23(27)33)28-19-7-5-4-6-17(18)19/h4-12H,13H2,1-3H3,(H2,27,33)(H,29,34). The second kappa shape index (κ2) is 9.34. The number of nitrogens with two attached hydrogens (primary N) is 1. The third-order valence-corrected chi connectivity index (χ3v) is 5.51. The molecule has 0 saturated heterocycles. The number of hydrogen-bond acceptors (Lipinski definition) is 5. The highest BCUT2D eigenvalue weighted by Crippen LogP contribution is 2.25. The quantitative estimate of drug-likeness (QED) is 0.445. The Kier molecular flexibility index (Phi) is 6.28.